The van der Waals surface area contributed by atoms with Gasteiger partial charge in [-0.2, -0.15) is 0 Å². The monoisotopic (exact) mass is 345 g/mol. The molecule has 0 aliphatic heterocycles. The Bertz CT molecular complexity index is 719. The molecule has 3 nitrogen and oxygen atoms in total. The van der Waals surface area contributed by atoms with Crippen molar-refractivity contribution in [2.75, 3.05) is 4.72 Å². The van der Waals surface area contributed by atoms with Gasteiger partial charge in [-0.05, 0) is 61.1 Å². The van der Waals surface area contributed by atoms with E-state index in [1.807, 2.05) is 36.4 Å². The molecule has 4 heteroatoms. The van der Waals surface area contributed by atoms with Gasteiger partial charge in [0.15, 0.2) is 0 Å². The van der Waals surface area contributed by atoms with Crippen LogP contribution in [0.5, 0.6) is 0 Å². The number of rotatable bonds is 9. The van der Waals surface area contributed by atoms with Crippen molar-refractivity contribution in [2.45, 2.75) is 57.3 Å². The number of sulfonamides is 1. The normalized spacial score (nSPS) is 11.4. The summed E-state index contributed by atoms with van der Waals surface area (Å²) in [5.41, 5.74) is 3.02. The number of anilines is 1. The number of hydrogen-bond donors (Lipinski definition) is 1. The van der Waals surface area contributed by atoms with Gasteiger partial charge in [-0.1, -0.05) is 51.0 Å². The summed E-state index contributed by atoms with van der Waals surface area (Å²) in [4.78, 5) is 0.304. The molecule has 0 bridgehead atoms. The lowest BCUT2D eigenvalue weighted by atomic mass is 10.1. The van der Waals surface area contributed by atoms with Crippen LogP contribution in [0.4, 0.5) is 5.69 Å². The predicted octanol–water partition coefficient (Wildman–Crippen LogP) is 5.17. The highest BCUT2D eigenvalue weighted by molar-refractivity contribution is 7.92. The van der Waals surface area contributed by atoms with Crippen LogP contribution in [-0.4, -0.2) is 8.42 Å². The number of hydrogen-bond acceptors (Lipinski definition) is 2. The van der Waals surface area contributed by atoms with E-state index in [4.69, 9.17) is 0 Å². The van der Waals surface area contributed by atoms with E-state index in [0.29, 0.717) is 10.6 Å². The molecule has 0 aliphatic rings. The Morgan fingerprint density at radius 3 is 1.67 bits per heavy atom. The SMILES string of the molecule is CCCCc1ccc(NS(=O)(=O)c2ccc(CCCC)cc2)cc1. The summed E-state index contributed by atoms with van der Waals surface area (Å²) in [7, 11) is -3.53. The van der Waals surface area contributed by atoms with E-state index in [-0.39, 0.29) is 0 Å². The van der Waals surface area contributed by atoms with Crippen LogP contribution in [0.1, 0.15) is 50.7 Å². The molecule has 2 aromatic rings. The van der Waals surface area contributed by atoms with Gasteiger partial charge in [0, 0.05) is 5.69 Å². The molecule has 0 heterocycles. The van der Waals surface area contributed by atoms with Gasteiger partial charge in [0.25, 0.3) is 10.0 Å². The Labute approximate surface area is 146 Å². The second-order valence-corrected chi connectivity index (χ2v) is 7.84. The average Bonchev–Trinajstić information content (AvgIpc) is 2.59. The fourth-order valence-corrected chi connectivity index (χ4v) is 3.61. The number of nitrogens with one attached hydrogen (secondary N) is 1. The van der Waals surface area contributed by atoms with Crippen molar-refractivity contribution in [1.82, 2.24) is 0 Å². The largest absolute Gasteiger partial charge is 0.280 e. The Morgan fingerprint density at radius 2 is 1.21 bits per heavy atom. The zero-order valence-electron chi connectivity index (χ0n) is 14.6. The second-order valence-electron chi connectivity index (χ2n) is 6.15. The van der Waals surface area contributed by atoms with Crippen molar-refractivity contribution < 1.29 is 8.42 Å². The molecule has 0 unspecified atom stereocenters. The molecule has 0 spiro atoms. The summed E-state index contributed by atoms with van der Waals surface area (Å²) in [5, 5.41) is 0. The van der Waals surface area contributed by atoms with Crippen LogP contribution in [0.2, 0.25) is 0 Å². The highest BCUT2D eigenvalue weighted by Gasteiger charge is 2.13. The molecule has 0 radical (unpaired) electrons. The lowest BCUT2D eigenvalue weighted by Gasteiger charge is -2.09. The van der Waals surface area contributed by atoms with Gasteiger partial charge >= 0.3 is 0 Å². The second kappa shape index (κ2) is 8.88. The minimum atomic E-state index is -3.53. The fraction of sp³-hybridized carbons (Fsp3) is 0.400. The lowest BCUT2D eigenvalue weighted by Crippen LogP contribution is -2.13. The van der Waals surface area contributed by atoms with Gasteiger partial charge in [-0.3, -0.25) is 4.72 Å². The van der Waals surface area contributed by atoms with E-state index < -0.39 is 10.0 Å². The van der Waals surface area contributed by atoms with Crippen molar-refractivity contribution in [3.05, 3.63) is 59.7 Å². The highest BCUT2D eigenvalue weighted by Crippen LogP contribution is 2.18. The molecule has 0 saturated heterocycles. The summed E-state index contributed by atoms with van der Waals surface area (Å²) in [6.45, 7) is 4.31. The number of aryl methyl sites for hydroxylation is 2. The first-order chi connectivity index (χ1) is 11.5. The van der Waals surface area contributed by atoms with Crippen LogP contribution in [0.25, 0.3) is 0 Å². The van der Waals surface area contributed by atoms with Crippen LogP contribution in [0, 0.1) is 0 Å². The fourth-order valence-electron chi connectivity index (χ4n) is 2.55. The number of unbranched alkanes of at least 4 members (excludes halogenated alkanes) is 2. The summed E-state index contributed by atoms with van der Waals surface area (Å²) < 4.78 is 27.6. The summed E-state index contributed by atoms with van der Waals surface area (Å²) in [6, 6.07) is 14.8. The van der Waals surface area contributed by atoms with E-state index >= 15 is 0 Å². The predicted molar refractivity (Wildman–Crippen MR) is 101 cm³/mol. The molecule has 0 fully saturated rings. The Morgan fingerprint density at radius 1 is 0.750 bits per heavy atom. The maximum atomic E-state index is 12.5. The van der Waals surface area contributed by atoms with Crippen LogP contribution in [0.15, 0.2) is 53.4 Å². The number of benzene rings is 2. The van der Waals surface area contributed by atoms with E-state index in [1.165, 1.54) is 11.1 Å². The van der Waals surface area contributed by atoms with E-state index in [9.17, 15) is 8.42 Å². The Hall–Kier alpha value is -1.81. The summed E-state index contributed by atoms with van der Waals surface area (Å²) in [5.74, 6) is 0. The molecule has 0 aromatic heterocycles. The van der Waals surface area contributed by atoms with Crippen molar-refractivity contribution >= 4 is 15.7 Å². The lowest BCUT2D eigenvalue weighted by molar-refractivity contribution is 0.601. The molecule has 24 heavy (non-hydrogen) atoms. The molecule has 1 N–H and O–H groups in total. The van der Waals surface area contributed by atoms with Crippen LogP contribution < -0.4 is 4.72 Å². The van der Waals surface area contributed by atoms with Gasteiger partial charge in [0.2, 0.25) is 0 Å². The van der Waals surface area contributed by atoms with Crippen molar-refractivity contribution in [3.63, 3.8) is 0 Å². The van der Waals surface area contributed by atoms with Crippen molar-refractivity contribution in [1.29, 1.82) is 0 Å². The first-order valence-electron chi connectivity index (χ1n) is 8.76. The van der Waals surface area contributed by atoms with Gasteiger partial charge < -0.3 is 0 Å². The van der Waals surface area contributed by atoms with Gasteiger partial charge in [-0.25, -0.2) is 8.42 Å². The topological polar surface area (TPSA) is 46.2 Å². The summed E-state index contributed by atoms with van der Waals surface area (Å²) in [6.07, 6.45) is 6.58. The third-order valence-electron chi connectivity index (χ3n) is 4.08. The molecule has 0 saturated carbocycles. The van der Waals surface area contributed by atoms with Crippen LogP contribution >= 0.6 is 0 Å². The highest BCUT2D eigenvalue weighted by atomic mass is 32.2. The van der Waals surface area contributed by atoms with Gasteiger partial charge in [0.05, 0.1) is 4.90 Å². The molecule has 2 aromatic carbocycles. The molecule has 2 rings (SSSR count). The van der Waals surface area contributed by atoms with Crippen LogP contribution in [-0.2, 0) is 22.9 Å². The standard InChI is InChI=1S/C20H27NO2S/c1-3-5-7-17-9-13-19(14-10-17)21-24(22,23)20-15-11-18(12-16-20)8-6-4-2/h9-16,21H,3-8H2,1-2H3. The molecule has 0 aliphatic carbocycles. The smallest absolute Gasteiger partial charge is 0.261 e. The Balaban J connectivity index is 2.04. The average molecular weight is 346 g/mol. The quantitative estimate of drug-likeness (QED) is 0.681. The van der Waals surface area contributed by atoms with E-state index in [2.05, 4.69) is 18.6 Å². The van der Waals surface area contributed by atoms with Gasteiger partial charge in [0.1, 0.15) is 0 Å². The first kappa shape index (κ1) is 18.5. The molecule has 0 amide bonds. The maximum absolute atomic E-state index is 12.5. The summed E-state index contributed by atoms with van der Waals surface area (Å²) >= 11 is 0. The molecule has 0 atom stereocenters. The van der Waals surface area contributed by atoms with E-state index in [1.54, 1.807) is 12.1 Å². The minimum Gasteiger partial charge on any atom is -0.280 e. The maximum Gasteiger partial charge on any atom is 0.261 e. The third kappa shape index (κ3) is 5.38. The zero-order valence-corrected chi connectivity index (χ0v) is 15.4. The van der Waals surface area contributed by atoms with Crippen molar-refractivity contribution in [2.24, 2.45) is 0 Å². The first-order valence-corrected chi connectivity index (χ1v) is 10.2. The Kier molecular flexibility index (Phi) is 6.85. The molecule has 130 valence electrons. The van der Waals surface area contributed by atoms with Gasteiger partial charge in [-0.15, -0.1) is 0 Å². The third-order valence-corrected chi connectivity index (χ3v) is 5.48. The van der Waals surface area contributed by atoms with Crippen LogP contribution in [0.3, 0.4) is 0 Å². The molecular formula is C20H27NO2S. The molecular weight excluding hydrogens is 318 g/mol. The van der Waals surface area contributed by atoms with Crippen molar-refractivity contribution in [3.8, 4) is 0 Å². The van der Waals surface area contributed by atoms with E-state index in [0.717, 1.165) is 38.5 Å². The minimum absolute atomic E-state index is 0.304. The zero-order chi connectivity index (χ0) is 17.4.